The molecule has 0 unspecified atom stereocenters. The van der Waals surface area contributed by atoms with Gasteiger partial charge in [-0.3, -0.25) is 19.3 Å². The summed E-state index contributed by atoms with van der Waals surface area (Å²) in [7, 11) is 0. The fourth-order valence-corrected chi connectivity index (χ4v) is 6.42. The Morgan fingerprint density at radius 1 is 1.03 bits per heavy atom. The number of nitrogens with one attached hydrogen (secondary N) is 1. The van der Waals surface area contributed by atoms with Crippen molar-refractivity contribution < 1.29 is 19.5 Å². The number of phenols is 1. The molecule has 168 valence electrons. The van der Waals surface area contributed by atoms with E-state index in [9.17, 15) is 19.5 Å². The predicted octanol–water partition coefficient (Wildman–Crippen LogP) is 3.65. The van der Waals surface area contributed by atoms with Gasteiger partial charge < -0.3 is 10.4 Å². The van der Waals surface area contributed by atoms with Crippen molar-refractivity contribution in [3.63, 3.8) is 0 Å². The van der Waals surface area contributed by atoms with Crippen LogP contribution in [0.5, 0.6) is 5.75 Å². The monoisotopic (exact) mass is 462 g/mol. The molecule has 3 amide bonds. The molecule has 33 heavy (non-hydrogen) atoms. The number of anilines is 1. The van der Waals surface area contributed by atoms with E-state index < -0.39 is 11.9 Å². The summed E-state index contributed by atoms with van der Waals surface area (Å²) in [5.74, 6) is -0.757. The van der Waals surface area contributed by atoms with E-state index in [0.717, 1.165) is 12.0 Å². The van der Waals surface area contributed by atoms with Crippen LogP contribution in [0, 0.1) is 35.5 Å². The van der Waals surface area contributed by atoms with E-state index in [2.05, 4.69) is 17.5 Å². The zero-order chi connectivity index (χ0) is 22.9. The number of amides is 3. The summed E-state index contributed by atoms with van der Waals surface area (Å²) >= 11 is 6.03. The summed E-state index contributed by atoms with van der Waals surface area (Å²) in [4.78, 5) is 42.0. The molecule has 4 aliphatic carbocycles. The fourth-order valence-electron chi connectivity index (χ4n) is 6.25. The SMILES string of the molecule is O=C(Nc1cc(Cl)ccc1O)[C@H](Cc1ccccc1)N1C(=O)[C@H]2[C@@H]3C=C[C@H]([C@H]4C[C@H]34)[C@@H]2C1=O. The Labute approximate surface area is 196 Å². The molecule has 3 fully saturated rings. The first kappa shape index (κ1) is 20.5. The van der Waals surface area contributed by atoms with Gasteiger partial charge in [-0.1, -0.05) is 54.1 Å². The van der Waals surface area contributed by atoms with Gasteiger partial charge in [0.25, 0.3) is 0 Å². The molecule has 2 saturated carbocycles. The van der Waals surface area contributed by atoms with Gasteiger partial charge in [0.1, 0.15) is 11.8 Å². The van der Waals surface area contributed by atoms with Gasteiger partial charge in [0.15, 0.2) is 0 Å². The average molecular weight is 463 g/mol. The number of aromatic hydroxyl groups is 1. The molecule has 1 aliphatic heterocycles. The minimum Gasteiger partial charge on any atom is -0.506 e. The van der Waals surface area contributed by atoms with Gasteiger partial charge in [-0.05, 0) is 53.9 Å². The highest BCUT2D eigenvalue weighted by Crippen LogP contribution is 2.65. The fraction of sp³-hybridized carbons (Fsp3) is 0.346. The molecular weight excluding hydrogens is 440 g/mol. The molecule has 7 heteroatoms. The van der Waals surface area contributed by atoms with Crippen molar-refractivity contribution >= 4 is 35.0 Å². The lowest BCUT2D eigenvalue weighted by atomic mass is 9.63. The van der Waals surface area contributed by atoms with Crippen LogP contribution in [0.25, 0.3) is 0 Å². The second kappa shape index (κ2) is 7.45. The van der Waals surface area contributed by atoms with E-state index in [1.54, 1.807) is 0 Å². The predicted molar refractivity (Wildman–Crippen MR) is 122 cm³/mol. The second-order valence-electron chi connectivity index (χ2n) is 9.56. The van der Waals surface area contributed by atoms with Gasteiger partial charge in [-0.15, -0.1) is 0 Å². The van der Waals surface area contributed by atoms with Gasteiger partial charge in [0.2, 0.25) is 17.7 Å². The molecular formula is C26H23ClN2O4. The van der Waals surface area contributed by atoms with E-state index >= 15 is 0 Å². The summed E-state index contributed by atoms with van der Waals surface area (Å²) in [6, 6.07) is 12.7. The Morgan fingerprint density at radius 2 is 1.67 bits per heavy atom. The van der Waals surface area contributed by atoms with Crippen LogP contribution in [0.2, 0.25) is 5.02 Å². The summed E-state index contributed by atoms with van der Waals surface area (Å²) in [6.45, 7) is 0. The third kappa shape index (κ3) is 3.19. The van der Waals surface area contributed by atoms with Crippen molar-refractivity contribution in [2.24, 2.45) is 35.5 Å². The van der Waals surface area contributed by atoms with E-state index in [1.807, 2.05) is 30.3 Å². The lowest BCUT2D eigenvalue weighted by molar-refractivity contribution is -0.146. The van der Waals surface area contributed by atoms with Crippen LogP contribution in [-0.4, -0.2) is 33.8 Å². The highest BCUT2D eigenvalue weighted by Gasteiger charge is 2.67. The topological polar surface area (TPSA) is 86.7 Å². The molecule has 2 aromatic carbocycles. The van der Waals surface area contributed by atoms with Gasteiger partial charge in [-0.25, -0.2) is 0 Å². The highest BCUT2D eigenvalue weighted by molar-refractivity contribution is 6.31. The number of likely N-dealkylation sites (tertiary alicyclic amines) is 1. The first-order valence-corrected chi connectivity index (χ1v) is 11.7. The largest absolute Gasteiger partial charge is 0.506 e. The Balaban J connectivity index is 1.34. The molecule has 0 radical (unpaired) electrons. The maximum atomic E-state index is 13.6. The molecule has 7 rings (SSSR count). The number of imide groups is 1. The maximum absolute atomic E-state index is 13.6. The minimum atomic E-state index is -1.02. The average Bonchev–Trinajstić information content (AvgIpc) is 3.59. The molecule has 6 nitrogen and oxygen atoms in total. The van der Waals surface area contributed by atoms with Gasteiger partial charge in [-0.2, -0.15) is 0 Å². The smallest absolute Gasteiger partial charge is 0.248 e. The van der Waals surface area contributed by atoms with Crippen molar-refractivity contribution in [1.29, 1.82) is 0 Å². The van der Waals surface area contributed by atoms with Crippen LogP contribution in [-0.2, 0) is 20.8 Å². The van der Waals surface area contributed by atoms with Crippen LogP contribution in [0.3, 0.4) is 0 Å². The molecule has 1 saturated heterocycles. The van der Waals surface area contributed by atoms with Gasteiger partial charge >= 0.3 is 0 Å². The lowest BCUT2D eigenvalue weighted by Crippen LogP contribution is -2.49. The number of phenolic OH excluding ortho intramolecular Hbond substituents is 1. The Bertz CT molecular complexity index is 1160. The van der Waals surface area contributed by atoms with E-state index in [0.29, 0.717) is 16.9 Å². The standard InChI is InChI=1S/C26H23ClN2O4/c27-14-6-9-21(30)19(11-14)28-24(31)20(10-13-4-2-1-3-5-13)29-25(32)22-15-7-8-16(18-12-17(15)18)23(22)26(29)33/h1-9,11,15-18,20,22-23,30H,10,12H2,(H,28,31)/t15-,16-,17-,18-,20+,22+,23+/m1/s1. The zero-order valence-corrected chi connectivity index (χ0v) is 18.5. The molecule has 1 heterocycles. The van der Waals surface area contributed by atoms with Crippen LogP contribution in [0.1, 0.15) is 12.0 Å². The quantitative estimate of drug-likeness (QED) is 0.403. The normalized spacial score (nSPS) is 31.8. The van der Waals surface area contributed by atoms with Crippen LogP contribution in [0.15, 0.2) is 60.7 Å². The third-order valence-corrected chi connectivity index (χ3v) is 8.03. The number of allylic oxidation sites excluding steroid dienone is 2. The summed E-state index contributed by atoms with van der Waals surface area (Å²) in [5, 5.41) is 13.2. The molecule has 2 bridgehead atoms. The summed E-state index contributed by atoms with van der Waals surface area (Å²) in [5.41, 5.74) is 0.984. The maximum Gasteiger partial charge on any atom is 0.248 e. The van der Waals surface area contributed by atoms with Crippen molar-refractivity contribution in [3.8, 4) is 5.75 Å². The van der Waals surface area contributed by atoms with Crippen molar-refractivity contribution in [3.05, 3.63) is 71.3 Å². The third-order valence-electron chi connectivity index (χ3n) is 7.80. The highest BCUT2D eigenvalue weighted by atomic mass is 35.5. The van der Waals surface area contributed by atoms with Crippen LogP contribution >= 0.6 is 11.6 Å². The van der Waals surface area contributed by atoms with Crippen molar-refractivity contribution in [2.45, 2.75) is 18.9 Å². The Kier molecular flexibility index (Phi) is 4.63. The summed E-state index contributed by atoms with van der Waals surface area (Å²) < 4.78 is 0. The minimum absolute atomic E-state index is 0.0869. The van der Waals surface area contributed by atoms with Crippen LogP contribution < -0.4 is 5.32 Å². The number of rotatable bonds is 5. The number of hydrogen-bond donors (Lipinski definition) is 2. The van der Waals surface area contributed by atoms with Gasteiger partial charge in [0.05, 0.1) is 17.5 Å². The molecule has 0 spiro atoms. The second-order valence-corrected chi connectivity index (χ2v) is 9.99. The molecule has 2 aromatic rings. The number of nitrogens with zero attached hydrogens (tertiary/aromatic N) is 1. The van der Waals surface area contributed by atoms with E-state index in [1.165, 1.54) is 23.1 Å². The zero-order valence-electron chi connectivity index (χ0n) is 17.7. The Morgan fingerprint density at radius 3 is 2.30 bits per heavy atom. The first-order chi connectivity index (χ1) is 15.9. The number of hydrogen-bond acceptors (Lipinski definition) is 4. The molecule has 2 N–H and O–H groups in total. The molecule has 0 aromatic heterocycles. The van der Waals surface area contributed by atoms with Gasteiger partial charge in [0, 0.05) is 11.4 Å². The number of benzene rings is 2. The Hall–Kier alpha value is -3.12. The van der Waals surface area contributed by atoms with Crippen LogP contribution in [0.4, 0.5) is 5.69 Å². The number of carbonyl (C=O) groups is 3. The number of halogens is 1. The molecule has 7 atom stereocenters. The van der Waals surface area contributed by atoms with Crippen molar-refractivity contribution in [2.75, 3.05) is 5.32 Å². The number of carbonyl (C=O) groups excluding carboxylic acids is 3. The first-order valence-electron chi connectivity index (χ1n) is 11.3. The van der Waals surface area contributed by atoms with Crippen molar-refractivity contribution in [1.82, 2.24) is 4.90 Å². The lowest BCUT2D eigenvalue weighted by Gasteiger charge is -2.37. The summed E-state index contributed by atoms with van der Waals surface area (Å²) in [6.07, 6.45) is 5.51. The molecule has 5 aliphatic rings. The van der Waals surface area contributed by atoms with E-state index in [4.69, 9.17) is 11.6 Å². The van der Waals surface area contributed by atoms with E-state index in [-0.39, 0.29) is 53.3 Å².